The number of hydrogen-bond acceptors (Lipinski definition) is 4. The predicted molar refractivity (Wildman–Crippen MR) is 111 cm³/mol. The highest BCUT2D eigenvalue weighted by atomic mass is 16.6. The summed E-state index contributed by atoms with van der Waals surface area (Å²) in [6.07, 6.45) is 5.19. The van der Waals surface area contributed by atoms with Gasteiger partial charge in [-0.15, -0.1) is 0 Å². The SMILES string of the molecule is CC(C)(C)OC(=O)N1CCN2c3cccc(c3)CCCCCCNC(=O)C2C1. The van der Waals surface area contributed by atoms with E-state index in [0.717, 1.165) is 24.9 Å². The van der Waals surface area contributed by atoms with Crippen LogP contribution in [0.25, 0.3) is 0 Å². The first-order valence-corrected chi connectivity index (χ1v) is 10.4. The number of amides is 2. The molecule has 1 saturated heterocycles. The number of aryl methyl sites for hydroxylation is 1. The third-order valence-corrected chi connectivity index (χ3v) is 5.27. The average Bonchev–Trinajstić information content (AvgIpc) is 2.65. The van der Waals surface area contributed by atoms with Crippen LogP contribution in [0, 0.1) is 0 Å². The predicted octanol–water partition coefficient (Wildman–Crippen LogP) is 3.35. The summed E-state index contributed by atoms with van der Waals surface area (Å²) in [6.45, 7) is 7.76. The number of hydrogen-bond donors (Lipinski definition) is 1. The van der Waals surface area contributed by atoms with E-state index in [1.165, 1.54) is 18.4 Å². The first-order valence-electron chi connectivity index (χ1n) is 10.4. The summed E-state index contributed by atoms with van der Waals surface area (Å²) in [6, 6.07) is 8.08. The number of nitrogens with one attached hydrogen (secondary N) is 1. The Balaban J connectivity index is 1.82. The number of rotatable bonds is 0. The van der Waals surface area contributed by atoms with E-state index in [1.807, 2.05) is 20.8 Å². The number of benzene rings is 1. The zero-order chi connectivity index (χ0) is 20.1. The van der Waals surface area contributed by atoms with Crippen LogP contribution < -0.4 is 10.2 Å². The highest BCUT2D eigenvalue weighted by molar-refractivity contribution is 5.86. The second kappa shape index (κ2) is 8.84. The van der Waals surface area contributed by atoms with Crippen molar-refractivity contribution in [2.75, 3.05) is 31.1 Å². The number of carbonyl (C=O) groups is 2. The summed E-state index contributed by atoms with van der Waals surface area (Å²) in [5.41, 5.74) is 1.82. The van der Waals surface area contributed by atoms with Gasteiger partial charge in [-0.1, -0.05) is 25.0 Å². The Morgan fingerprint density at radius 1 is 1.14 bits per heavy atom. The lowest BCUT2D eigenvalue weighted by atomic mass is 10.0. The Bertz CT molecular complexity index is 699. The molecule has 2 heterocycles. The van der Waals surface area contributed by atoms with Gasteiger partial charge >= 0.3 is 6.09 Å². The van der Waals surface area contributed by atoms with E-state index >= 15 is 0 Å². The number of carbonyl (C=O) groups excluding carboxylic acids is 2. The Kier molecular flexibility index (Phi) is 6.47. The Morgan fingerprint density at radius 3 is 2.71 bits per heavy atom. The molecule has 2 aliphatic heterocycles. The fourth-order valence-electron chi connectivity index (χ4n) is 3.84. The first kappa shape index (κ1) is 20.5. The minimum Gasteiger partial charge on any atom is -0.444 e. The minimum absolute atomic E-state index is 0.0158. The number of piperazine rings is 1. The minimum atomic E-state index is -0.546. The fourth-order valence-corrected chi connectivity index (χ4v) is 3.84. The van der Waals surface area contributed by atoms with Gasteiger partial charge in [-0.05, 0) is 57.7 Å². The molecule has 2 amide bonds. The molecule has 1 aromatic rings. The summed E-state index contributed by atoms with van der Waals surface area (Å²) in [7, 11) is 0. The van der Waals surface area contributed by atoms with Crippen LogP contribution in [0.5, 0.6) is 0 Å². The molecular formula is C22H33N3O3. The van der Waals surface area contributed by atoms with E-state index in [9.17, 15) is 9.59 Å². The molecule has 6 heteroatoms. The third-order valence-electron chi connectivity index (χ3n) is 5.27. The molecule has 1 N–H and O–H groups in total. The van der Waals surface area contributed by atoms with Crippen molar-refractivity contribution in [2.45, 2.75) is 64.5 Å². The van der Waals surface area contributed by atoms with Gasteiger partial charge in [0.15, 0.2) is 0 Å². The van der Waals surface area contributed by atoms with Crippen LogP contribution in [-0.2, 0) is 16.0 Å². The van der Waals surface area contributed by atoms with Crippen molar-refractivity contribution in [2.24, 2.45) is 0 Å². The molecule has 1 fully saturated rings. The largest absolute Gasteiger partial charge is 0.444 e. The molecule has 1 unspecified atom stereocenters. The molecule has 6 nitrogen and oxygen atoms in total. The maximum atomic E-state index is 13.0. The molecule has 0 radical (unpaired) electrons. The monoisotopic (exact) mass is 387 g/mol. The van der Waals surface area contributed by atoms with Crippen LogP contribution in [0.2, 0.25) is 0 Å². The summed E-state index contributed by atoms with van der Waals surface area (Å²) in [5, 5.41) is 3.08. The molecule has 1 atom stereocenters. The molecular weight excluding hydrogens is 354 g/mol. The second-order valence-electron chi connectivity index (χ2n) is 8.76. The highest BCUT2D eigenvalue weighted by Gasteiger charge is 2.36. The number of fused-ring (bicyclic) bond motifs is 4. The lowest BCUT2D eigenvalue weighted by Crippen LogP contribution is -2.60. The Labute approximate surface area is 168 Å². The van der Waals surface area contributed by atoms with E-state index in [0.29, 0.717) is 26.2 Å². The van der Waals surface area contributed by atoms with Gasteiger partial charge in [0.1, 0.15) is 11.6 Å². The van der Waals surface area contributed by atoms with E-state index in [4.69, 9.17) is 4.74 Å². The molecule has 0 spiro atoms. The summed E-state index contributed by atoms with van der Waals surface area (Å²) >= 11 is 0. The van der Waals surface area contributed by atoms with Crippen molar-refractivity contribution in [1.82, 2.24) is 10.2 Å². The van der Waals surface area contributed by atoms with Gasteiger partial charge in [-0.25, -0.2) is 4.79 Å². The number of anilines is 1. The quantitative estimate of drug-likeness (QED) is 0.742. The molecule has 2 bridgehead atoms. The van der Waals surface area contributed by atoms with Gasteiger partial charge in [0.2, 0.25) is 5.91 Å². The van der Waals surface area contributed by atoms with Crippen LogP contribution in [0.15, 0.2) is 24.3 Å². The zero-order valence-electron chi connectivity index (χ0n) is 17.4. The molecule has 1 aromatic carbocycles. The van der Waals surface area contributed by atoms with Gasteiger partial charge in [-0.2, -0.15) is 0 Å². The van der Waals surface area contributed by atoms with E-state index in [-0.39, 0.29) is 12.0 Å². The molecule has 0 aromatic heterocycles. The molecule has 3 rings (SSSR count). The summed E-state index contributed by atoms with van der Waals surface area (Å²) in [4.78, 5) is 29.3. The van der Waals surface area contributed by atoms with Crippen molar-refractivity contribution in [3.63, 3.8) is 0 Å². The topological polar surface area (TPSA) is 61.9 Å². The van der Waals surface area contributed by atoms with Crippen molar-refractivity contribution in [1.29, 1.82) is 0 Å². The van der Waals surface area contributed by atoms with Gasteiger partial charge < -0.3 is 19.9 Å². The van der Waals surface area contributed by atoms with Crippen molar-refractivity contribution in [3.05, 3.63) is 29.8 Å². The van der Waals surface area contributed by atoms with Gasteiger partial charge in [-0.3, -0.25) is 4.79 Å². The summed E-state index contributed by atoms with van der Waals surface area (Å²) < 4.78 is 5.53. The number of ether oxygens (including phenoxy) is 1. The molecule has 2 aliphatic rings. The van der Waals surface area contributed by atoms with Crippen molar-refractivity contribution in [3.8, 4) is 0 Å². The maximum Gasteiger partial charge on any atom is 0.410 e. The normalized spacial score (nSPS) is 21.5. The Morgan fingerprint density at radius 2 is 1.93 bits per heavy atom. The lowest BCUT2D eigenvalue weighted by molar-refractivity contribution is -0.123. The van der Waals surface area contributed by atoms with Gasteiger partial charge in [0.25, 0.3) is 0 Å². The number of nitrogens with zero attached hydrogens (tertiary/aromatic N) is 2. The fraction of sp³-hybridized carbons (Fsp3) is 0.636. The third kappa shape index (κ3) is 5.40. The second-order valence-corrected chi connectivity index (χ2v) is 8.76. The average molecular weight is 388 g/mol. The maximum absolute atomic E-state index is 13.0. The van der Waals surface area contributed by atoms with E-state index in [2.05, 4.69) is 34.5 Å². The van der Waals surface area contributed by atoms with Crippen LogP contribution >= 0.6 is 0 Å². The van der Waals surface area contributed by atoms with Crippen LogP contribution in [0.1, 0.15) is 52.0 Å². The standard InChI is InChI=1S/C22H33N3O3/c1-22(2,3)28-21(27)24-13-14-25-18-11-8-10-17(15-18)9-6-4-5-7-12-23-20(26)19(25)16-24/h8,10-11,15,19H,4-7,9,12-14,16H2,1-3H3,(H,23,26). The van der Waals surface area contributed by atoms with Crippen LogP contribution in [0.4, 0.5) is 10.5 Å². The molecule has 28 heavy (non-hydrogen) atoms. The van der Waals surface area contributed by atoms with Crippen LogP contribution in [0.3, 0.4) is 0 Å². The first-order chi connectivity index (χ1) is 13.3. The zero-order valence-corrected chi connectivity index (χ0v) is 17.4. The lowest BCUT2D eigenvalue weighted by Gasteiger charge is -2.42. The Hall–Kier alpha value is -2.24. The molecule has 0 aliphatic carbocycles. The van der Waals surface area contributed by atoms with Crippen molar-refractivity contribution >= 4 is 17.7 Å². The highest BCUT2D eigenvalue weighted by Crippen LogP contribution is 2.24. The molecule has 0 saturated carbocycles. The van der Waals surface area contributed by atoms with Gasteiger partial charge in [0, 0.05) is 25.3 Å². The van der Waals surface area contributed by atoms with E-state index in [1.54, 1.807) is 4.90 Å². The molecule has 154 valence electrons. The van der Waals surface area contributed by atoms with Crippen LogP contribution in [-0.4, -0.2) is 54.7 Å². The van der Waals surface area contributed by atoms with E-state index < -0.39 is 11.6 Å². The van der Waals surface area contributed by atoms with Gasteiger partial charge in [0.05, 0.1) is 6.54 Å². The smallest absolute Gasteiger partial charge is 0.410 e. The summed E-state index contributed by atoms with van der Waals surface area (Å²) in [5.74, 6) is -0.0158. The van der Waals surface area contributed by atoms with Crippen molar-refractivity contribution < 1.29 is 14.3 Å².